The molecular weight excluding hydrogens is 199 g/mol. The van der Waals surface area contributed by atoms with Crippen molar-refractivity contribution in [3.8, 4) is 0 Å². The molecule has 0 unspecified atom stereocenters. The Kier molecular flexibility index (Phi) is 10.3. The predicted molar refractivity (Wildman–Crippen MR) is 41.3 cm³/mol. The van der Waals surface area contributed by atoms with Crippen LogP contribution in [0.15, 0.2) is 11.8 Å². The third kappa shape index (κ3) is 6.94. The molecule has 5 nitrogen and oxygen atoms in total. The molecule has 6 heteroatoms. The third-order valence-electron chi connectivity index (χ3n) is 1.01. The van der Waals surface area contributed by atoms with Crippen molar-refractivity contribution < 1.29 is 53.7 Å². The zero-order chi connectivity index (χ0) is 10.3. The van der Waals surface area contributed by atoms with Gasteiger partial charge in [-0.15, -0.1) is 0 Å². The van der Waals surface area contributed by atoms with E-state index in [1.807, 2.05) is 0 Å². The molecule has 0 aliphatic rings. The average molecular weight is 210 g/mol. The third-order valence-corrected chi connectivity index (χ3v) is 1.01. The van der Waals surface area contributed by atoms with Crippen LogP contribution in [0.25, 0.3) is 0 Å². The van der Waals surface area contributed by atoms with Crippen molar-refractivity contribution in [2.45, 2.75) is 13.8 Å². The monoisotopic (exact) mass is 210 g/mol. The quantitative estimate of drug-likeness (QED) is 0.207. The SMILES string of the molecule is CCOC(=O)/C=C(/[O-])C(=O)OCC.[Na+]. The van der Waals surface area contributed by atoms with Crippen LogP contribution in [0.1, 0.15) is 13.8 Å². The second-order valence-corrected chi connectivity index (χ2v) is 1.98. The van der Waals surface area contributed by atoms with E-state index in [0.717, 1.165) is 0 Å². The van der Waals surface area contributed by atoms with E-state index in [1.54, 1.807) is 13.8 Å². The first-order valence-corrected chi connectivity index (χ1v) is 3.84. The van der Waals surface area contributed by atoms with E-state index in [9.17, 15) is 14.7 Å². The summed E-state index contributed by atoms with van der Waals surface area (Å²) < 4.78 is 8.77. The maximum atomic E-state index is 10.8. The maximum absolute atomic E-state index is 10.8. The van der Waals surface area contributed by atoms with Gasteiger partial charge in [-0.1, -0.05) is 0 Å². The number of carbonyl (C=O) groups is 2. The molecule has 0 atom stereocenters. The summed E-state index contributed by atoms with van der Waals surface area (Å²) in [5.41, 5.74) is 0. The summed E-state index contributed by atoms with van der Waals surface area (Å²) in [7, 11) is 0. The summed E-state index contributed by atoms with van der Waals surface area (Å²) in [5.74, 6) is -2.88. The van der Waals surface area contributed by atoms with Gasteiger partial charge in [0.15, 0.2) is 0 Å². The topological polar surface area (TPSA) is 75.7 Å². The van der Waals surface area contributed by atoms with Gasteiger partial charge in [-0.05, 0) is 19.6 Å². The minimum atomic E-state index is -1.05. The second kappa shape index (κ2) is 9.05. The standard InChI is InChI=1S/C8H12O5.Na/c1-3-12-7(10)5-6(9)8(11)13-4-2;/h5,9H,3-4H2,1-2H3;/q;+1/p-1/b6-5+;. The van der Waals surface area contributed by atoms with Crippen molar-refractivity contribution in [1.82, 2.24) is 0 Å². The molecule has 0 aromatic heterocycles. The number of carbonyl (C=O) groups excluding carboxylic acids is 2. The summed E-state index contributed by atoms with van der Waals surface area (Å²) in [6, 6.07) is 0. The Hall–Kier alpha value is -0.520. The number of rotatable bonds is 4. The first kappa shape index (κ1) is 15.9. The Balaban J connectivity index is 0. The van der Waals surface area contributed by atoms with Crippen LogP contribution < -0.4 is 34.7 Å². The molecule has 14 heavy (non-hydrogen) atoms. The number of ether oxygens (including phenoxy) is 2. The van der Waals surface area contributed by atoms with Crippen molar-refractivity contribution in [1.29, 1.82) is 0 Å². The van der Waals surface area contributed by atoms with Crippen LogP contribution in [0.3, 0.4) is 0 Å². The number of hydrogen-bond acceptors (Lipinski definition) is 5. The van der Waals surface area contributed by atoms with Crippen molar-refractivity contribution in [3.63, 3.8) is 0 Å². The van der Waals surface area contributed by atoms with Crippen LogP contribution in [-0.2, 0) is 19.1 Å². The largest absolute Gasteiger partial charge is 1.00 e. The first-order chi connectivity index (χ1) is 6.11. The van der Waals surface area contributed by atoms with Crippen molar-refractivity contribution >= 4 is 11.9 Å². The van der Waals surface area contributed by atoms with Gasteiger partial charge in [-0.25, -0.2) is 9.59 Å². The molecule has 0 saturated carbocycles. The molecule has 0 bridgehead atoms. The smallest absolute Gasteiger partial charge is 0.867 e. The van der Waals surface area contributed by atoms with Crippen molar-refractivity contribution in [2.24, 2.45) is 0 Å². The van der Waals surface area contributed by atoms with Gasteiger partial charge in [-0.2, -0.15) is 0 Å². The summed E-state index contributed by atoms with van der Waals surface area (Å²) in [6.45, 7) is 3.42. The van der Waals surface area contributed by atoms with Crippen LogP contribution in [0, 0.1) is 0 Å². The van der Waals surface area contributed by atoms with Gasteiger partial charge in [-0.3, -0.25) is 0 Å². The van der Waals surface area contributed by atoms with E-state index in [1.165, 1.54) is 0 Å². The summed E-state index contributed by atoms with van der Waals surface area (Å²) in [6.07, 6.45) is 0.571. The van der Waals surface area contributed by atoms with E-state index in [4.69, 9.17) is 0 Å². The van der Waals surface area contributed by atoms with E-state index < -0.39 is 17.7 Å². The predicted octanol–water partition coefficient (Wildman–Crippen LogP) is -3.64. The molecule has 0 aliphatic heterocycles. The van der Waals surface area contributed by atoms with Crippen molar-refractivity contribution in [2.75, 3.05) is 13.2 Å². The molecule has 0 fully saturated rings. The minimum Gasteiger partial charge on any atom is -0.867 e. The van der Waals surface area contributed by atoms with Gasteiger partial charge in [0.25, 0.3) is 0 Å². The van der Waals surface area contributed by atoms with Crippen LogP contribution in [0.4, 0.5) is 0 Å². The summed E-state index contributed by atoms with van der Waals surface area (Å²) in [4.78, 5) is 21.3. The van der Waals surface area contributed by atoms with Crippen LogP contribution >= 0.6 is 0 Å². The fourth-order valence-electron chi connectivity index (χ4n) is 0.552. The van der Waals surface area contributed by atoms with E-state index >= 15 is 0 Å². The second-order valence-electron chi connectivity index (χ2n) is 1.98. The molecule has 0 heterocycles. The average Bonchev–Trinajstić information content (AvgIpc) is 2.05. The fraction of sp³-hybridized carbons (Fsp3) is 0.500. The Morgan fingerprint density at radius 3 is 2.14 bits per heavy atom. The van der Waals surface area contributed by atoms with Crippen molar-refractivity contribution in [3.05, 3.63) is 11.8 Å². The molecule has 0 radical (unpaired) electrons. The molecule has 0 aromatic rings. The van der Waals surface area contributed by atoms with Gasteiger partial charge in [0, 0.05) is 6.08 Å². The van der Waals surface area contributed by atoms with E-state index in [-0.39, 0.29) is 42.8 Å². The maximum Gasteiger partial charge on any atom is 1.00 e. The Bertz CT molecular complexity index is 224. The zero-order valence-electron chi connectivity index (χ0n) is 8.53. The van der Waals surface area contributed by atoms with Gasteiger partial charge in [0.2, 0.25) is 0 Å². The van der Waals surface area contributed by atoms with Gasteiger partial charge < -0.3 is 14.6 Å². The van der Waals surface area contributed by atoms with Gasteiger partial charge in [0.05, 0.1) is 13.2 Å². The Morgan fingerprint density at radius 1 is 1.21 bits per heavy atom. The first-order valence-electron chi connectivity index (χ1n) is 3.84. The molecule has 0 aliphatic carbocycles. The zero-order valence-corrected chi connectivity index (χ0v) is 10.5. The number of hydrogen-bond donors (Lipinski definition) is 0. The van der Waals surface area contributed by atoms with Crippen LogP contribution in [0.2, 0.25) is 0 Å². The molecule has 74 valence electrons. The summed E-state index contributed by atoms with van der Waals surface area (Å²) >= 11 is 0. The normalized spacial score (nSPS) is 10.0. The Morgan fingerprint density at radius 2 is 1.71 bits per heavy atom. The molecule has 0 rings (SSSR count). The molecule has 0 spiro atoms. The molecule has 0 saturated heterocycles. The molecular formula is C8H11NaO5. The number of esters is 2. The summed E-state index contributed by atoms with van der Waals surface area (Å²) in [5, 5.41) is 10.8. The van der Waals surface area contributed by atoms with E-state index in [2.05, 4.69) is 9.47 Å². The Labute approximate surface area is 104 Å². The molecule has 0 amide bonds. The van der Waals surface area contributed by atoms with Crippen LogP contribution in [0.5, 0.6) is 0 Å². The van der Waals surface area contributed by atoms with Gasteiger partial charge in [0.1, 0.15) is 0 Å². The van der Waals surface area contributed by atoms with Gasteiger partial charge >= 0.3 is 41.5 Å². The minimum absolute atomic E-state index is 0. The fourth-order valence-corrected chi connectivity index (χ4v) is 0.552. The van der Waals surface area contributed by atoms with E-state index in [0.29, 0.717) is 6.08 Å². The van der Waals surface area contributed by atoms with Crippen LogP contribution in [-0.4, -0.2) is 25.2 Å². The molecule has 0 N–H and O–H groups in total. The molecule has 0 aromatic carbocycles.